The summed E-state index contributed by atoms with van der Waals surface area (Å²) in [5.74, 6) is -1.50. The number of carbonyl (C=O) groups excluding carboxylic acids is 1. The monoisotopic (exact) mass is 291 g/mol. The smallest absolute Gasteiger partial charge is 0.322 e. The minimum Gasteiger partial charge on any atom is -0.480 e. The lowest BCUT2D eigenvalue weighted by atomic mass is 10.1. The Labute approximate surface area is 119 Å². The first-order chi connectivity index (χ1) is 9.47. The Bertz CT molecular complexity index is 667. The van der Waals surface area contributed by atoms with E-state index in [0.717, 1.165) is 16.8 Å². The fourth-order valence-electron chi connectivity index (χ4n) is 1.64. The number of primary amides is 1. The van der Waals surface area contributed by atoms with Crippen molar-refractivity contribution in [3.05, 3.63) is 34.8 Å². The number of hydrogen-bond donors (Lipinski definition) is 3. The highest BCUT2D eigenvalue weighted by Crippen LogP contribution is 2.27. The first-order valence-electron chi connectivity index (χ1n) is 5.79. The summed E-state index contributed by atoms with van der Waals surface area (Å²) in [6, 6.07) is 5.54. The molecule has 0 saturated carbocycles. The summed E-state index contributed by atoms with van der Waals surface area (Å²) in [4.78, 5) is 25.8. The Morgan fingerprint density at radius 3 is 2.80 bits per heavy atom. The van der Waals surface area contributed by atoms with Crippen LogP contribution in [0.1, 0.15) is 16.1 Å². The molecule has 4 N–H and O–H groups in total. The predicted molar refractivity (Wildman–Crippen MR) is 76.9 cm³/mol. The van der Waals surface area contributed by atoms with Crippen molar-refractivity contribution in [2.45, 2.75) is 6.92 Å². The van der Waals surface area contributed by atoms with Gasteiger partial charge in [-0.15, -0.1) is 11.3 Å². The first-order valence-corrected chi connectivity index (χ1v) is 6.67. The molecule has 2 rings (SSSR count). The van der Waals surface area contributed by atoms with E-state index >= 15 is 0 Å². The van der Waals surface area contributed by atoms with Crippen LogP contribution in [0, 0.1) is 6.92 Å². The Balaban J connectivity index is 2.29. The third-order valence-electron chi connectivity index (χ3n) is 2.67. The highest BCUT2D eigenvalue weighted by atomic mass is 32.1. The fraction of sp³-hybridized carbons (Fsp3) is 0.154. The number of nitrogens with zero attached hydrogens (tertiary/aromatic N) is 1. The highest BCUT2D eigenvalue weighted by Gasteiger charge is 2.10. The standard InChI is InChI=1S/C13H13N3O3S/c1-7-2-3-8(4-9(7)15-5-11(17)18)13-16-10(6-20-13)12(14)19/h2-4,6,15H,5H2,1H3,(H2,14,19)(H,17,18). The maximum absolute atomic E-state index is 11.0. The molecule has 0 radical (unpaired) electrons. The molecule has 6 nitrogen and oxygen atoms in total. The third-order valence-corrected chi connectivity index (χ3v) is 3.56. The van der Waals surface area contributed by atoms with Crippen LogP contribution in [-0.2, 0) is 4.79 Å². The molecule has 7 heteroatoms. The van der Waals surface area contributed by atoms with Crippen LogP contribution >= 0.6 is 11.3 Å². The minimum absolute atomic E-state index is 0.158. The summed E-state index contributed by atoms with van der Waals surface area (Å²) in [5.41, 5.74) is 7.86. The molecule has 0 aliphatic rings. The van der Waals surface area contributed by atoms with Gasteiger partial charge in [0.05, 0.1) is 0 Å². The molecule has 2 aromatic rings. The molecule has 0 aliphatic heterocycles. The van der Waals surface area contributed by atoms with Gasteiger partial charge in [-0.1, -0.05) is 12.1 Å². The van der Waals surface area contributed by atoms with Gasteiger partial charge in [0.15, 0.2) is 0 Å². The lowest BCUT2D eigenvalue weighted by molar-refractivity contribution is -0.134. The second kappa shape index (κ2) is 5.70. The second-order valence-electron chi connectivity index (χ2n) is 4.18. The average molecular weight is 291 g/mol. The molecule has 1 aromatic heterocycles. The van der Waals surface area contributed by atoms with E-state index in [4.69, 9.17) is 10.8 Å². The quantitative estimate of drug-likeness (QED) is 0.777. The molecule has 1 heterocycles. The fourth-order valence-corrected chi connectivity index (χ4v) is 2.44. The zero-order chi connectivity index (χ0) is 14.7. The van der Waals surface area contributed by atoms with E-state index in [2.05, 4.69) is 10.3 Å². The van der Waals surface area contributed by atoms with Crippen LogP contribution in [-0.4, -0.2) is 28.5 Å². The number of anilines is 1. The molecule has 0 saturated heterocycles. The van der Waals surface area contributed by atoms with Crippen molar-refractivity contribution >= 4 is 28.9 Å². The Morgan fingerprint density at radius 1 is 1.45 bits per heavy atom. The molecule has 1 amide bonds. The minimum atomic E-state index is -0.930. The van der Waals surface area contributed by atoms with Crippen LogP contribution in [0.2, 0.25) is 0 Å². The molecule has 0 aliphatic carbocycles. The number of hydrogen-bond acceptors (Lipinski definition) is 5. The van der Waals surface area contributed by atoms with Crippen molar-refractivity contribution in [3.8, 4) is 10.6 Å². The topological polar surface area (TPSA) is 105 Å². The largest absolute Gasteiger partial charge is 0.480 e. The van der Waals surface area contributed by atoms with E-state index in [-0.39, 0.29) is 12.2 Å². The molecule has 0 atom stereocenters. The molecular formula is C13H13N3O3S. The second-order valence-corrected chi connectivity index (χ2v) is 5.04. The summed E-state index contributed by atoms with van der Waals surface area (Å²) in [6.07, 6.45) is 0. The molecule has 1 aromatic carbocycles. The number of carboxylic acid groups (broad SMARTS) is 1. The van der Waals surface area contributed by atoms with Crippen molar-refractivity contribution in [2.75, 3.05) is 11.9 Å². The van der Waals surface area contributed by atoms with Gasteiger partial charge in [-0.2, -0.15) is 0 Å². The van der Waals surface area contributed by atoms with E-state index in [9.17, 15) is 9.59 Å². The van der Waals surface area contributed by atoms with Gasteiger partial charge in [0.2, 0.25) is 0 Å². The SMILES string of the molecule is Cc1ccc(-c2nc(C(N)=O)cs2)cc1NCC(=O)O. The molecular weight excluding hydrogens is 278 g/mol. The van der Waals surface area contributed by atoms with Gasteiger partial charge in [-0.3, -0.25) is 9.59 Å². The Hall–Kier alpha value is -2.41. The lowest BCUT2D eigenvalue weighted by Gasteiger charge is -2.08. The zero-order valence-corrected chi connectivity index (χ0v) is 11.5. The summed E-state index contributed by atoms with van der Waals surface area (Å²) in [7, 11) is 0. The van der Waals surface area contributed by atoms with Crippen molar-refractivity contribution in [1.29, 1.82) is 0 Å². The van der Waals surface area contributed by atoms with Crippen LogP contribution in [0.5, 0.6) is 0 Å². The number of rotatable bonds is 5. The van der Waals surface area contributed by atoms with E-state index in [1.54, 1.807) is 5.38 Å². The van der Waals surface area contributed by atoms with Crippen LogP contribution < -0.4 is 11.1 Å². The zero-order valence-electron chi connectivity index (χ0n) is 10.7. The summed E-state index contributed by atoms with van der Waals surface area (Å²) < 4.78 is 0. The van der Waals surface area contributed by atoms with Crippen LogP contribution in [0.15, 0.2) is 23.6 Å². The number of benzene rings is 1. The number of nitrogens with two attached hydrogens (primary N) is 1. The van der Waals surface area contributed by atoms with Gasteiger partial charge in [0, 0.05) is 16.6 Å². The maximum atomic E-state index is 11.0. The van der Waals surface area contributed by atoms with Gasteiger partial charge < -0.3 is 16.2 Å². The van der Waals surface area contributed by atoms with Gasteiger partial charge >= 0.3 is 5.97 Å². The number of aromatic nitrogens is 1. The molecule has 0 fully saturated rings. The van der Waals surface area contributed by atoms with E-state index in [0.29, 0.717) is 5.01 Å². The van der Waals surface area contributed by atoms with Crippen LogP contribution in [0.4, 0.5) is 5.69 Å². The van der Waals surface area contributed by atoms with Crippen LogP contribution in [0.25, 0.3) is 10.6 Å². The number of amides is 1. The van der Waals surface area contributed by atoms with Gasteiger partial charge in [-0.05, 0) is 18.6 Å². The third kappa shape index (κ3) is 3.12. The number of carbonyl (C=O) groups is 2. The number of nitrogens with one attached hydrogen (secondary N) is 1. The summed E-state index contributed by atoms with van der Waals surface area (Å²) in [5, 5.41) is 13.8. The van der Waals surface area contributed by atoms with Crippen molar-refractivity contribution < 1.29 is 14.7 Å². The number of thiazole rings is 1. The highest BCUT2D eigenvalue weighted by molar-refractivity contribution is 7.13. The molecule has 0 unspecified atom stereocenters. The van der Waals surface area contributed by atoms with E-state index in [1.165, 1.54) is 11.3 Å². The van der Waals surface area contributed by atoms with Crippen molar-refractivity contribution in [1.82, 2.24) is 4.98 Å². The lowest BCUT2D eigenvalue weighted by Crippen LogP contribution is -2.13. The van der Waals surface area contributed by atoms with Crippen molar-refractivity contribution in [3.63, 3.8) is 0 Å². The Morgan fingerprint density at radius 2 is 2.20 bits per heavy atom. The first kappa shape index (κ1) is 14.0. The number of aliphatic carboxylic acids is 1. The maximum Gasteiger partial charge on any atom is 0.322 e. The van der Waals surface area contributed by atoms with Gasteiger partial charge in [0.1, 0.15) is 17.2 Å². The van der Waals surface area contributed by atoms with E-state index < -0.39 is 11.9 Å². The normalized spacial score (nSPS) is 10.2. The number of aryl methyl sites for hydroxylation is 1. The molecule has 20 heavy (non-hydrogen) atoms. The summed E-state index contributed by atoms with van der Waals surface area (Å²) in [6.45, 7) is 1.72. The number of carboxylic acids is 1. The summed E-state index contributed by atoms with van der Waals surface area (Å²) >= 11 is 1.31. The Kier molecular flexibility index (Phi) is 3.99. The van der Waals surface area contributed by atoms with Crippen molar-refractivity contribution in [2.24, 2.45) is 5.73 Å². The predicted octanol–water partition coefficient (Wildman–Crippen LogP) is 1.71. The molecule has 0 bridgehead atoms. The molecule has 0 spiro atoms. The van der Waals surface area contributed by atoms with Gasteiger partial charge in [0.25, 0.3) is 5.91 Å². The van der Waals surface area contributed by atoms with Gasteiger partial charge in [-0.25, -0.2) is 4.98 Å². The molecule has 104 valence electrons. The average Bonchev–Trinajstić information content (AvgIpc) is 2.87. The van der Waals surface area contributed by atoms with E-state index in [1.807, 2.05) is 25.1 Å². The van der Waals surface area contributed by atoms with Crippen LogP contribution in [0.3, 0.4) is 0 Å².